The smallest absolute Gasteiger partial charge is 0.241 e. The lowest BCUT2D eigenvalue weighted by molar-refractivity contribution is -0.137. The van der Waals surface area contributed by atoms with E-state index in [0.29, 0.717) is 19.7 Å². The minimum Gasteiger partial charge on any atom is -0.370 e. The molecule has 0 bridgehead atoms. The summed E-state index contributed by atoms with van der Waals surface area (Å²) in [6, 6.07) is 14.0. The predicted molar refractivity (Wildman–Crippen MR) is 93.3 cm³/mol. The quantitative estimate of drug-likeness (QED) is 0.859. The van der Waals surface area contributed by atoms with Gasteiger partial charge in [0.05, 0.1) is 24.6 Å². The van der Waals surface area contributed by atoms with Crippen LogP contribution in [0, 0.1) is 5.82 Å². The summed E-state index contributed by atoms with van der Waals surface area (Å²) < 4.78 is 45.3. The van der Waals surface area contributed by atoms with Crippen molar-refractivity contribution in [2.75, 3.05) is 26.2 Å². The summed E-state index contributed by atoms with van der Waals surface area (Å²) in [6.45, 7) is 0.790. The molecule has 0 aliphatic carbocycles. The Bertz CT molecular complexity index is 857. The summed E-state index contributed by atoms with van der Waals surface area (Å²) in [7, 11) is -3.87. The van der Waals surface area contributed by atoms with Gasteiger partial charge in [0, 0.05) is 6.54 Å². The van der Waals surface area contributed by atoms with E-state index in [1.807, 2.05) is 30.3 Å². The molecule has 1 N–H and O–H groups in total. The molecule has 1 saturated heterocycles. The zero-order chi connectivity index (χ0) is 18.6. The van der Waals surface area contributed by atoms with Crippen LogP contribution in [0.3, 0.4) is 0 Å². The van der Waals surface area contributed by atoms with Gasteiger partial charge in [-0.15, -0.1) is 0 Å². The summed E-state index contributed by atoms with van der Waals surface area (Å²) >= 11 is 0. The molecule has 6 nitrogen and oxygen atoms in total. The Morgan fingerprint density at radius 3 is 2.54 bits per heavy atom. The highest BCUT2D eigenvalue weighted by Crippen LogP contribution is 2.21. The second-order valence-electron chi connectivity index (χ2n) is 5.89. The maximum absolute atomic E-state index is 12.9. The molecule has 138 valence electrons. The number of sulfonamides is 1. The van der Waals surface area contributed by atoms with Gasteiger partial charge in [-0.3, -0.25) is 4.79 Å². The van der Waals surface area contributed by atoms with E-state index in [-0.39, 0.29) is 23.5 Å². The summed E-state index contributed by atoms with van der Waals surface area (Å²) in [4.78, 5) is 13.9. The normalized spacial score (nSPS) is 17.9. The molecule has 0 aromatic heterocycles. The second kappa shape index (κ2) is 7.94. The Kier molecular flexibility index (Phi) is 5.65. The topological polar surface area (TPSA) is 75.7 Å². The van der Waals surface area contributed by atoms with Crippen molar-refractivity contribution >= 4 is 15.9 Å². The van der Waals surface area contributed by atoms with Gasteiger partial charge in [0.2, 0.25) is 15.9 Å². The van der Waals surface area contributed by atoms with E-state index in [9.17, 15) is 17.6 Å². The number of ether oxygens (including phenoxy) is 1. The third-order valence-corrected chi connectivity index (χ3v) is 5.55. The number of benzene rings is 2. The number of nitrogens with zero attached hydrogens (tertiary/aromatic N) is 1. The van der Waals surface area contributed by atoms with Crippen LogP contribution in [0.2, 0.25) is 0 Å². The number of carbonyl (C=O) groups excluding carboxylic acids is 1. The lowest BCUT2D eigenvalue weighted by atomic mass is 10.1. The van der Waals surface area contributed by atoms with Gasteiger partial charge in [0.1, 0.15) is 11.9 Å². The first kappa shape index (κ1) is 18.5. The Morgan fingerprint density at radius 1 is 1.15 bits per heavy atom. The molecule has 8 heteroatoms. The summed E-state index contributed by atoms with van der Waals surface area (Å²) in [5.41, 5.74) is 0.969. The fourth-order valence-corrected chi connectivity index (χ4v) is 3.69. The number of nitrogens with one attached hydrogen (secondary N) is 1. The van der Waals surface area contributed by atoms with Crippen molar-refractivity contribution in [2.24, 2.45) is 0 Å². The Hall–Kier alpha value is -2.29. The Labute approximate surface area is 151 Å². The molecule has 1 heterocycles. The number of morpholine rings is 1. The zero-order valence-corrected chi connectivity index (χ0v) is 14.8. The SMILES string of the molecule is O=C(CNS(=O)(=O)c1ccc(F)cc1)N1CCO[C@@H](c2ccccc2)C1. The molecule has 26 heavy (non-hydrogen) atoms. The van der Waals surface area contributed by atoms with Crippen LogP contribution in [0.4, 0.5) is 4.39 Å². The average molecular weight is 378 g/mol. The molecule has 0 radical (unpaired) electrons. The Morgan fingerprint density at radius 2 is 1.85 bits per heavy atom. The lowest BCUT2D eigenvalue weighted by Gasteiger charge is -2.33. The third-order valence-electron chi connectivity index (χ3n) is 4.13. The monoisotopic (exact) mass is 378 g/mol. The maximum Gasteiger partial charge on any atom is 0.241 e. The molecule has 1 fully saturated rings. The molecule has 1 amide bonds. The minimum absolute atomic E-state index is 0.0872. The zero-order valence-electron chi connectivity index (χ0n) is 14.0. The van der Waals surface area contributed by atoms with Crippen LogP contribution in [-0.2, 0) is 19.6 Å². The van der Waals surface area contributed by atoms with Crippen LogP contribution in [0.1, 0.15) is 11.7 Å². The summed E-state index contributed by atoms with van der Waals surface area (Å²) in [5, 5.41) is 0. The van der Waals surface area contributed by atoms with Crippen LogP contribution in [0.25, 0.3) is 0 Å². The van der Waals surface area contributed by atoms with Gasteiger partial charge in [0.25, 0.3) is 0 Å². The average Bonchev–Trinajstić information content (AvgIpc) is 2.67. The second-order valence-corrected chi connectivity index (χ2v) is 7.66. The molecular formula is C18H19FN2O4S. The highest BCUT2D eigenvalue weighted by atomic mass is 32.2. The number of carbonyl (C=O) groups is 1. The van der Waals surface area contributed by atoms with Crippen molar-refractivity contribution < 1.29 is 22.3 Å². The standard InChI is InChI=1S/C18H19FN2O4S/c19-15-6-8-16(9-7-15)26(23,24)20-12-18(22)21-10-11-25-17(13-21)14-4-2-1-3-5-14/h1-9,17,20H,10-13H2/t17-/m1/s1. The molecule has 0 saturated carbocycles. The first-order valence-electron chi connectivity index (χ1n) is 8.15. The highest BCUT2D eigenvalue weighted by Gasteiger charge is 2.26. The van der Waals surface area contributed by atoms with Crippen LogP contribution in [0.15, 0.2) is 59.5 Å². The molecule has 1 atom stereocenters. The van der Waals surface area contributed by atoms with Crippen LogP contribution >= 0.6 is 0 Å². The number of hydrogen-bond donors (Lipinski definition) is 1. The predicted octanol–water partition coefficient (Wildman–Crippen LogP) is 1.70. The summed E-state index contributed by atoms with van der Waals surface area (Å²) in [6.07, 6.45) is -0.234. The molecule has 2 aromatic carbocycles. The first-order valence-corrected chi connectivity index (χ1v) is 9.63. The fraction of sp³-hybridized carbons (Fsp3) is 0.278. The van der Waals surface area contributed by atoms with Crippen molar-refractivity contribution in [1.29, 1.82) is 0 Å². The van der Waals surface area contributed by atoms with Crippen molar-refractivity contribution in [1.82, 2.24) is 9.62 Å². The van der Waals surface area contributed by atoms with Gasteiger partial charge in [-0.2, -0.15) is 0 Å². The maximum atomic E-state index is 12.9. The lowest BCUT2D eigenvalue weighted by Crippen LogP contribution is -2.46. The molecule has 1 aliphatic heterocycles. The first-order chi connectivity index (χ1) is 12.5. The van der Waals surface area contributed by atoms with Crippen molar-refractivity contribution in [2.45, 2.75) is 11.0 Å². The van der Waals surface area contributed by atoms with Crippen molar-refractivity contribution in [3.8, 4) is 0 Å². The number of halogens is 1. The number of rotatable bonds is 5. The largest absolute Gasteiger partial charge is 0.370 e. The van der Waals surface area contributed by atoms with E-state index in [0.717, 1.165) is 29.8 Å². The number of hydrogen-bond acceptors (Lipinski definition) is 4. The van der Waals surface area contributed by atoms with Gasteiger partial charge in [-0.05, 0) is 29.8 Å². The molecule has 0 spiro atoms. The molecular weight excluding hydrogens is 359 g/mol. The molecule has 1 aliphatic rings. The van der Waals surface area contributed by atoms with E-state index in [2.05, 4.69) is 4.72 Å². The molecule has 0 unspecified atom stereocenters. The number of amides is 1. The van der Waals surface area contributed by atoms with Gasteiger partial charge >= 0.3 is 0 Å². The van der Waals surface area contributed by atoms with E-state index >= 15 is 0 Å². The van der Waals surface area contributed by atoms with Gasteiger partial charge in [0.15, 0.2) is 0 Å². The third kappa shape index (κ3) is 4.46. The van der Waals surface area contributed by atoms with Crippen molar-refractivity contribution in [3.63, 3.8) is 0 Å². The van der Waals surface area contributed by atoms with Crippen molar-refractivity contribution in [3.05, 3.63) is 66.0 Å². The van der Waals surface area contributed by atoms with Crippen LogP contribution < -0.4 is 4.72 Å². The minimum atomic E-state index is -3.87. The van der Waals surface area contributed by atoms with Gasteiger partial charge in [-0.1, -0.05) is 30.3 Å². The fourth-order valence-electron chi connectivity index (χ4n) is 2.71. The van der Waals surface area contributed by atoms with Gasteiger partial charge in [-0.25, -0.2) is 17.5 Å². The summed E-state index contributed by atoms with van der Waals surface area (Å²) in [5.74, 6) is -0.861. The van der Waals surface area contributed by atoms with Gasteiger partial charge < -0.3 is 9.64 Å². The van der Waals surface area contributed by atoms with Crippen LogP contribution in [-0.4, -0.2) is 45.5 Å². The van der Waals surface area contributed by atoms with E-state index in [1.54, 1.807) is 4.90 Å². The Balaban J connectivity index is 1.60. The van der Waals surface area contributed by atoms with E-state index in [1.165, 1.54) is 0 Å². The molecule has 3 rings (SSSR count). The highest BCUT2D eigenvalue weighted by molar-refractivity contribution is 7.89. The van der Waals surface area contributed by atoms with E-state index in [4.69, 9.17) is 4.74 Å². The molecule has 2 aromatic rings. The van der Waals surface area contributed by atoms with E-state index < -0.39 is 15.8 Å². The van der Waals surface area contributed by atoms with Crippen LogP contribution in [0.5, 0.6) is 0 Å².